The number of nitrogens with one attached hydrogen (secondary N) is 1. The fourth-order valence-electron chi connectivity index (χ4n) is 1.85. The Morgan fingerprint density at radius 1 is 1.11 bits per heavy atom. The van der Waals surface area contributed by atoms with Crippen LogP contribution in [0.3, 0.4) is 0 Å². The third-order valence-corrected chi connectivity index (χ3v) is 4.64. The molecule has 0 saturated heterocycles. The smallest absolute Gasteiger partial charge is 0.0931 e. The summed E-state index contributed by atoms with van der Waals surface area (Å²) < 4.78 is 0.796. The Kier molecular flexibility index (Phi) is 4.93. The van der Waals surface area contributed by atoms with Gasteiger partial charge in [0.15, 0.2) is 0 Å². The van der Waals surface area contributed by atoms with Gasteiger partial charge in [0.1, 0.15) is 0 Å². The summed E-state index contributed by atoms with van der Waals surface area (Å²) in [5, 5.41) is 4.62. The van der Waals surface area contributed by atoms with Gasteiger partial charge in [-0.15, -0.1) is 11.3 Å². The van der Waals surface area contributed by atoms with Gasteiger partial charge in [-0.1, -0.05) is 40.9 Å². The van der Waals surface area contributed by atoms with Crippen molar-refractivity contribution in [1.82, 2.24) is 5.32 Å². The van der Waals surface area contributed by atoms with Crippen LogP contribution in [0.1, 0.15) is 16.5 Å². The summed E-state index contributed by atoms with van der Waals surface area (Å²) in [6, 6.07) is 9.58. The summed E-state index contributed by atoms with van der Waals surface area (Å²) in [5.74, 6) is 0. The maximum absolute atomic E-state index is 6.23. The molecule has 1 heterocycles. The average Bonchev–Trinajstić information content (AvgIpc) is 2.73. The lowest BCUT2D eigenvalue weighted by Crippen LogP contribution is -2.19. The Balaban J connectivity index is 2.28. The van der Waals surface area contributed by atoms with E-state index in [1.54, 1.807) is 11.3 Å². The monoisotopic (exact) mass is 319 g/mol. The maximum Gasteiger partial charge on any atom is 0.0931 e. The number of benzene rings is 1. The molecule has 0 radical (unpaired) electrons. The summed E-state index contributed by atoms with van der Waals surface area (Å²) in [4.78, 5) is 1.20. The topological polar surface area (TPSA) is 12.0 Å². The predicted octanol–water partition coefficient (Wildman–Crippen LogP) is 5.21. The van der Waals surface area contributed by atoms with Crippen LogP contribution in [0.2, 0.25) is 14.4 Å². The Labute approximate surface area is 126 Å². The molecule has 1 N–H and O–H groups in total. The molecular formula is C13H12Cl3NS. The average molecular weight is 321 g/mol. The van der Waals surface area contributed by atoms with E-state index in [4.69, 9.17) is 34.8 Å². The van der Waals surface area contributed by atoms with Crippen molar-refractivity contribution in [2.75, 3.05) is 7.05 Å². The van der Waals surface area contributed by atoms with Gasteiger partial charge in [-0.05, 0) is 31.3 Å². The second kappa shape index (κ2) is 6.27. The maximum atomic E-state index is 6.23. The van der Waals surface area contributed by atoms with Crippen LogP contribution in [0.5, 0.6) is 0 Å². The normalized spacial score (nSPS) is 12.7. The van der Waals surface area contributed by atoms with E-state index < -0.39 is 0 Å². The van der Waals surface area contributed by atoms with E-state index in [-0.39, 0.29) is 6.04 Å². The molecular weight excluding hydrogens is 309 g/mol. The molecule has 1 atom stereocenters. The van der Waals surface area contributed by atoms with Crippen molar-refractivity contribution in [3.05, 3.63) is 55.2 Å². The summed E-state index contributed by atoms with van der Waals surface area (Å²) in [7, 11) is 1.90. The molecule has 0 amide bonds. The third-order valence-electron chi connectivity index (χ3n) is 2.73. The lowest BCUT2D eigenvalue weighted by molar-refractivity contribution is 0.597. The number of hydrogen-bond donors (Lipinski definition) is 1. The van der Waals surface area contributed by atoms with Crippen LogP contribution in [0.25, 0.3) is 0 Å². The highest BCUT2D eigenvalue weighted by Crippen LogP contribution is 2.33. The zero-order valence-corrected chi connectivity index (χ0v) is 12.8. The molecule has 0 aliphatic carbocycles. The molecule has 1 aromatic heterocycles. The molecule has 0 bridgehead atoms. The van der Waals surface area contributed by atoms with Crippen molar-refractivity contribution in [2.24, 2.45) is 0 Å². The van der Waals surface area contributed by atoms with Crippen LogP contribution in [-0.2, 0) is 6.42 Å². The second-order valence-electron chi connectivity index (χ2n) is 3.89. The molecule has 96 valence electrons. The molecule has 0 saturated carbocycles. The minimum absolute atomic E-state index is 0.0842. The van der Waals surface area contributed by atoms with Gasteiger partial charge < -0.3 is 5.32 Å². The van der Waals surface area contributed by atoms with Gasteiger partial charge >= 0.3 is 0 Å². The van der Waals surface area contributed by atoms with Crippen molar-refractivity contribution in [3.8, 4) is 0 Å². The summed E-state index contributed by atoms with van der Waals surface area (Å²) in [6.45, 7) is 0. The van der Waals surface area contributed by atoms with Gasteiger partial charge in [0, 0.05) is 32.9 Å². The molecule has 5 heteroatoms. The van der Waals surface area contributed by atoms with Crippen molar-refractivity contribution in [1.29, 1.82) is 0 Å². The van der Waals surface area contributed by atoms with Crippen LogP contribution in [0, 0.1) is 0 Å². The molecule has 0 aliphatic heterocycles. The minimum Gasteiger partial charge on any atom is -0.313 e. The van der Waals surface area contributed by atoms with Crippen LogP contribution in [0.4, 0.5) is 0 Å². The van der Waals surface area contributed by atoms with E-state index in [9.17, 15) is 0 Å². The quantitative estimate of drug-likeness (QED) is 0.815. The van der Waals surface area contributed by atoms with E-state index in [0.717, 1.165) is 16.3 Å². The van der Waals surface area contributed by atoms with E-state index in [1.807, 2.05) is 37.4 Å². The van der Waals surface area contributed by atoms with Crippen molar-refractivity contribution in [3.63, 3.8) is 0 Å². The lowest BCUT2D eigenvalue weighted by Gasteiger charge is -2.18. The molecule has 0 fully saturated rings. The van der Waals surface area contributed by atoms with Crippen molar-refractivity contribution in [2.45, 2.75) is 12.5 Å². The Morgan fingerprint density at radius 2 is 1.78 bits per heavy atom. The largest absolute Gasteiger partial charge is 0.313 e. The van der Waals surface area contributed by atoms with Gasteiger partial charge in [-0.2, -0.15) is 0 Å². The summed E-state index contributed by atoms with van der Waals surface area (Å²) in [5.41, 5.74) is 0.938. The van der Waals surface area contributed by atoms with Crippen LogP contribution in [-0.4, -0.2) is 7.05 Å². The number of likely N-dealkylation sites (N-methyl/N-ethyl adjacent to an activating group) is 1. The summed E-state index contributed by atoms with van der Waals surface area (Å²) in [6.07, 6.45) is 0.817. The van der Waals surface area contributed by atoms with Crippen molar-refractivity contribution < 1.29 is 0 Å². The first-order chi connectivity index (χ1) is 8.61. The Hall–Kier alpha value is -0.250. The fourth-order valence-corrected chi connectivity index (χ4v) is 3.65. The van der Waals surface area contributed by atoms with Gasteiger partial charge in [0.25, 0.3) is 0 Å². The number of halogens is 3. The highest BCUT2D eigenvalue weighted by Gasteiger charge is 2.17. The van der Waals surface area contributed by atoms with Gasteiger partial charge in [0.05, 0.1) is 4.34 Å². The molecule has 18 heavy (non-hydrogen) atoms. The minimum atomic E-state index is 0.0842. The van der Waals surface area contributed by atoms with E-state index in [0.29, 0.717) is 10.0 Å². The Morgan fingerprint density at radius 3 is 2.28 bits per heavy atom. The predicted molar refractivity (Wildman–Crippen MR) is 81.3 cm³/mol. The first-order valence-corrected chi connectivity index (χ1v) is 7.42. The molecule has 1 nitrogen and oxygen atoms in total. The second-order valence-corrected chi connectivity index (χ2v) is 6.50. The van der Waals surface area contributed by atoms with Crippen LogP contribution >= 0.6 is 46.1 Å². The van der Waals surface area contributed by atoms with Crippen molar-refractivity contribution >= 4 is 46.1 Å². The first kappa shape index (κ1) is 14.2. The number of hydrogen-bond acceptors (Lipinski definition) is 2. The third kappa shape index (κ3) is 3.19. The van der Waals surface area contributed by atoms with Crippen LogP contribution in [0.15, 0.2) is 30.3 Å². The Bertz CT molecular complexity index is 519. The number of rotatable bonds is 4. The first-order valence-electron chi connectivity index (χ1n) is 5.47. The zero-order chi connectivity index (χ0) is 13.1. The molecule has 1 aromatic carbocycles. The molecule has 0 aliphatic rings. The standard InChI is InChI=1S/C13H12Cl3NS/c1-17-11(7-8-5-6-12(16)18-8)13-9(14)3-2-4-10(13)15/h2-6,11,17H,7H2,1H3. The van der Waals surface area contributed by atoms with Gasteiger partial charge in [-0.25, -0.2) is 0 Å². The highest BCUT2D eigenvalue weighted by molar-refractivity contribution is 7.16. The van der Waals surface area contributed by atoms with E-state index in [2.05, 4.69) is 5.32 Å². The summed E-state index contributed by atoms with van der Waals surface area (Å²) >= 11 is 20.0. The molecule has 2 rings (SSSR count). The highest BCUT2D eigenvalue weighted by atomic mass is 35.5. The molecule has 2 aromatic rings. The van der Waals surface area contributed by atoms with E-state index >= 15 is 0 Å². The zero-order valence-electron chi connectivity index (χ0n) is 9.71. The SMILES string of the molecule is CNC(Cc1ccc(Cl)s1)c1c(Cl)cccc1Cl. The van der Waals surface area contributed by atoms with E-state index in [1.165, 1.54) is 4.88 Å². The van der Waals surface area contributed by atoms with Gasteiger partial charge in [-0.3, -0.25) is 0 Å². The molecule has 0 spiro atoms. The molecule has 1 unspecified atom stereocenters. The van der Waals surface area contributed by atoms with Gasteiger partial charge in [0.2, 0.25) is 0 Å². The fraction of sp³-hybridized carbons (Fsp3) is 0.231. The number of thiophene rings is 1. The lowest BCUT2D eigenvalue weighted by atomic mass is 10.0. The van der Waals surface area contributed by atoms with Crippen LogP contribution < -0.4 is 5.32 Å².